The van der Waals surface area contributed by atoms with Gasteiger partial charge in [0.05, 0.1) is 28.7 Å². The number of anilines is 2. The number of aromatic nitrogens is 2. The van der Waals surface area contributed by atoms with E-state index in [-0.39, 0.29) is 21.4 Å². The van der Waals surface area contributed by atoms with Crippen molar-refractivity contribution in [3.8, 4) is 10.6 Å². The molecule has 210 valence electrons. The van der Waals surface area contributed by atoms with Crippen LogP contribution >= 0.6 is 11.3 Å². The van der Waals surface area contributed by atoms with Crippen LogP contribution in [-0.4, -0.2) is 74.3 Å². The maximum atomic E-state index is 14.1. The van der Waals surface area contributed by atoms with Gasteiger partial charge in [0.25, 0.3) is 0 Å². The lowest BCUT2D eigenvalue weighted by Crippen LogP contribution is -2.35. The van der Waals surface area contributed by atoms with Crippen LogP contribution in [0.25, 0.3) is 10.6 Å². The van der Waals surface area contributed by atoms with Gasteiger partial charge in [-0.05, 0) is 49.2 Å². The van der Waals surface area contributed by atoms with E-state index in [1.165, 1.54) is 17.2 Å². The Kier molecular flexibility index (Phi) is 7.72. The molecule has 5 rings (SSSR count). The summed E-state index contributed by atoms with van der Waals surface area (Å²) in [6, 6.07) is 5.39. The highest BCUT2D eigenvalue weighted by Crippen LogP contribution is 2.41. The van der Waals surface area contributed by atoms with Gasteiger partial charge in [-0.3, -0.25) is 4.90 Å². The molecule has 0 unspecified atom stereocenters. The zero-order chi connectivity index (χ0) is 27.9. The number of thiophene rings is 1. The smallest absolute Gasteiger partial charge is 0.379 e. The van der Waals surface area contributed by atoms with Crippen molar-refractivity contribution >= 4 is 32.8 Å². The molecule has 3 aromatic rings. The summed E-state index contributed by atoms with van der Waals surface area (Å²) in [5.74, 6) is 0.0120. The molecular formula is C26H30F3N5O3S2. The molecule has 0 aliphatic carbocycles. The Hall–Kier alpha value is -2.58. The Bertz CT molecular complexity index is 1480. The van der Waals surface area contributed by atoms with Gasteiger partial charge in [0.1, 0.15) is 5.56 Å². The summed E-state index contributed by atoms with van der Waals surface area (Å²) in [6.07, 6.45) is -2.03. The number of morpholine rings is 1. The third kappa shape index (κ3) is 6.27. The molecule has 2 aliphatic heterocycles. The van der Waals surface area contributed by atoms with Crippen molar-refractivity contribution in [3.05, 3.63) is 51.5 Å². The van der Waals surface area contributed by atoms with Gasteiger partial charge in [-0.15, -0.1) is 11.3 Å². The molecule has 1 N–H and O–H groups in total. The largest absolute Gasteiger partial charge is 0.420 e. The Morgan fingerprint density at radius 3 is 2.56 bits per heavy atom. The van der Waals surface area contributed by atoms with Crippen LogP contribution in [0.1, 0.15) is 27.1 Å². The lowest BCUT2D eigenvalue weighted by molar-refractivity contribution is -0.137. The van der Waals surface area contributed by atoms with Gasteiger partial charge >= 0.3 is 6.18 Å². The fraction of sp³-hybridized carbons (Fsp3) is 0.462. The van der Waals surface area contributed by atoms with E-state index in [9.17, 15) is 21.6 Å². The van der Waals surface area contributed by atoms with Crippen LogP contribution in [0.4, 0.5) is 24.8 Å². The summed E-state index contributed by atoms with van der Waals surface area (Å²) < 4.78 is 72.7. The molecule has 1 fully saturated rings. The number of nitrogens with one attached hydrogen (secondary N) is 1. The highest BCUT2D eigenvalue weighted by molar-refractivity contribution is 7.91. The number of benzene rings is 1. The number of aryl methyl sites for hydroxylation is 1. The van der Waals surface area contributed by atoms with Gasteiger partial charge in [0, 0.05) is 55.7 Å². The molecule has 4 heterocycles. The second kappa shape index (κ2) is 10.8. The van der Waals surface area contributed by atoms with Gasteiger partial charge in [-0.1, -0.05) is 6.07 Å². The van der Waals surface area contributed by atoms with Crippen LogP contribution in [0.5, 0.6) is 0 Å². The highest BCUT2D eigenvalue weighted by atomic mass is 32.2. The number of rotatable bonds is 6. The van der Waals surface area contributed by atoms with Crippen LogP contribution in [0.3, 0.4) is 0 Å². The number of fused-ring (bicyclic) bond motifs is 1. The highest BCUT2D eigenvalue weighted by Gasteiger charge is 2.37. The van der Waals surface area contributed by atoms with Crippen molar-refractivity contribution in [1.29, 1.82) is 0 Å². The van der Waals surface area contributed by atoms with E-state index < -0.39 is 21.6 Å². The van der Waals surface area contributed by atoms with Gasteiger partial charge in [-0.2, -0.15) is 13.2 Å². The first-order chi connectivity index (χ1) is 18.4. The topological polar surface area (TPSA) is 87.7 Å². The minimum Gasteiger partial charge on any atom is -0.379 e. The monoisotopic (exact) mass is 581 g/mol. The van der Waals surface area contributed by atoms with Gasteiger partial charge in [0.2, 0.25) is 5.95 Å². The number of nitrogens with zero attached hydrogens (tertiary/aromatic N) is 4. The van der Waals surface area contributed by atoms with Crippen LogP contribution in [-0.2, 0) is 40.3 Å². The molecule has 13 heteroatoms. The summed E-state index contributed by atoms with van der Waals surface area (Å²) >= 11 is 1.02. The van der Waals surface area contributed by atoms with Crippen LogP contribution < -0.4 is 5.32 Å². The quantitative estimate of drug-likeness (QED) is 0.456. The van der Waals surface area contributed by atoms with E-state index in [1.54, 1.807) is 0 Å². The lowest BCUT2D eigenvalue weighted by atomic mass is 9.96. The number of alkyl halides is 3. The summed E-state index contributed by atoms with van der Waals surface area (Å²) in [5, 5.41) is 3.10. The predicted molar refractivity (Wildman–Crippen MR) is 144 cm³/mol. The standard InChI is InChI=1S/C26H30F3N5O3S2/c1-16-10-18-14-33(2)5-4-17(18)11-20(16)31-25-30-13-19(26(27,28)29)24(32-25)21-12-23(39(3,35)36)22(38-21)15-34-6-8-37-9-7-34/h10-13H,4-9,14-15H2,1-3H3,(H,30,31,32). The molecule has 1 aromatic carbocycles. The molecule has 0 spiro atoms. The fourth-order valence-electron chi connectivity index (χ4n) is 4.88. The molecule has 2 aromatic heterocycles. The van der Waals surface area contributed by atoms with E-state index in [0.717, 1.165) is 54.6 Å². The lowest BCUT2D eigenvalue weighted by Gasteiger charge is -2.26. The first kappa shape index (κ1) is 28.0. The van der Waals surface area contributed by atoms with Gasteiger partial charge in [-0.25, -0.2) is 18.4 Å². The zero-order valence-corrected chi connectivity index (χ0v) is 23.6. The average molecular weight is 582 g/mol. The zero-order valence-electron chi connectivity index (χ0n) is 21.9. The molecule has 39 heavy (non-hydrogen) atoms. The third-order valence-electron chi connectivity index (χ3n) is 6.96. The fourth-order valence-corrected chi connectivity index (χ4v) is 7.45. The SMILES string of the molecule is Cc1cc2c(cc1Nc1ncc(C(F)(F)F)c(-c3cc(S(C)(=O)=O)c(CN4CCOCC4)s3)n1)CCN(C)C2. The molecule has 0 amide bonds. The Morgan fingerprint density at radius 2 is 1.87 bits per heavy atom. The van der Waals surface area contributed by atoms with E-state index in [1.807, 2.05) is 17.9 Å². The van der Waals surface area contributed by atoms with Crippen molar-refractivity contribution in [2.75, 3.05) is 51.5 Å². The molecule has 0 atom stereocenters. The molecule has 0 saturated carbocycles. The van der Waals surface area contributed by atoms with E-state index in [0.29, 0.717) is 37.7 Å². The first-order valence-corrected chi connectivity index (χ1v) is 15.2. The Labute approximate surface area is 229 Å². The van der Waals surface area contributed by atoms with Crippen molar-refractivity contribution < 1.29 is 26.3 Å². The second-order valence-corrected chi connectivity index (χ2v) is 13.2. The van der Waals surface area contributed by atoms with Gasteiger partial charge < -0.3 is 15.0 Å². The van der Waals surface area contributed by atoms with Crippen LogP contribution in [0.15, 0.2) is 29.3 Å². The van der Waals surface area contributed by atoms with Crippen molar-refractivity contribution in [3.63, 3.8) is 0 Å². The summed E-state index contributed by atoms with van der Waals surface area (Å²) in [6.45, 7) is 6.25. The number of hydrogen-bond acceptors (Lipinski definition) is 9. The maximum absolute atomic E-state index is 14.1. The summed E-state index contributed by atoms with van der Waals surface area (Å²) in [5.41, 5.74) is 2.69. The summed E-state index contributed by atoms with van der Waals surface area (Å²) in [4.78, 5) is 13.2. The van der Waals surface area contributed by atoms with Gasteiger partial charge in [0.15, 0.2) is 9.84 Å². The number of sulfone groups is 1. The maximum Gasteiger partial charge on any atom is 0.420 e. The molecule has 0 radical (unpaired) electrons. The number of hydrogen-bond donors (Lipinski definition) is 1. The molecule has 8 nitrogen and oxygen atoms in total. The molecule has 2 aliphatic rings. The second-order valence-electron chi connectivity index (χ2n) is 10.1. The first-order valence-electron chi connectivity index (χ1n) is 12.5. The van der Waals surface area contributed by atoms with Crippen LogP contribution in [0, 0.1) is 6.92 Å². The summed E-state index contributed by atoms with van der Waals surface area (Å²) in [7, 11) is -1.62. The Balaban J connectivity index is 1.54. The van der Waals surface area contributed by atoms with Crippen molar-refractivity contribution in [1.82, 2.24) is 19.8 Å². The van der Waals surface area contributed by atoms with E-state index >= 15 is 0 Å². The predicted octanol–water partition coefficient (Wildman–Crippen LogP) is 4.50. The minimum atomic E-state index is -4.72. The van der Waals surface area contributed by atoms with Crippen molar-refractivity contribution in [2.24, 2.45) is 0 Å². The normalized spacial score (nSPS) is 17.3. The number of halogens is 3. The molecule has 0 bridgehead atoms. The molecular weight excluding hydrogens is 551 g/mol. The number of ether oxygens (including phenoxy) is 1. The van der Waals surface area contributed by atoms with E-state index in [2.05, 4.69) is 33.3 Å². The van der Waals surface area contributed by atoms with Crippen molar-refractivity contribution in [2.45, 2.75) is 37.5 Å². The average Bonchev–Trinajstić information content (AvgIpc) is 3.29. The van der Waals surface area contributed by atoms with E-state index in [4.69, 9.17) is 4.74 Å². The minimum absolute atomic E-state index is 0.0120. The molecule has 1 saturated heterocycles. The third-order valence-corrected chi connectivity index (χ3v) is 9.38. The Morgan fingerprint density at radius 1 is 1.13 bits per heavy atom. The van der Waals surface area contributed by atoms with Crippen LogP contribution in [0.2, 0.25) is 0 Å². The number of likely N-dealkylation sites (N-methyl/N-ethyl adjacent to an activating group) is 1.